The van der Waals surface area contributed by atoms with Gasteiger partial charge >= 0.3 is 6.18 Å². The summed E-state index contributed by atoms with van der Waals surface area (Å²) in [5, 5.41) is 0. The second kappa shape index (κ2) is 6.81. The van der Waals surface area contributed by atoms with Crippen molar-refractivity contribution in [3.05, 3.63) is 0 Å². The Hall–Kier alpha value is -0.580. The number of ketones is 1. The van der Waals surface area contributed by atoms with Crippen LogP contribution in [0.15, 0.2) is 0 Å². The lowest BCUT2D eigenvalue weighted by molar-refractivity contribution is -0.174. The van der Waals surface area contributed by atoms with Crippen molar-refractivity contribution in [1.29, 1.82) is 0 Å². The molecule has 0 aromatic rings. The largest absolute Gasteiger partial charge is 0.411 e. The van der Waals surface area contributed by atoms with Crippen molar-refractivity contribution < 1.29 is 22.7 Å². The highest BCUT2D eigenvalue weighted by molar-refractivity contribution is 5.77. The van der Waals surface area contributed by atoms with Gasteiger partial charge in [-0.25, -0.2) is 0 Å². The van der Waals surface area contributed by atoms with Crippen molar-refractivity contribution >= 4 is 5.78 Å². The Morgan fingerprint density at radius 3 is 2.43 bits per heavy atom. The molecule has 0 saturated heterocycles. The van der Waals surface area contributed by atoms with Crippen molar-refractivity contribution in [1.82, 2.24) is 0 Å². The lowest BCUT2D eigenvalue weighted by Gasteiger charge is -2.06. The average Bonchev–Trinajstić information content (AvgIpc) is 2.08. The Bertz CT molecular complexity index is 166. The Labute approximate surface area is 81.4 Å². The van der Waals surface area contributed by atoms with E-state index in [0.717, 1.165) is 0 Å². The number of alkyl halides is 3. The molecule has 0 aromatic carbocycles. The molecule has 0 unspecified atom stereocenters. The normalized spacial score (nSPS) is 11.7. The molecule has 2 nitrogen and oxygen atoms in total. The smallest absolute Gasteiger partial charge is 0.372 e. The summed E-state index contributed by atoms with van der Waals surface area (Å²) < 4.78 is 39.1. The van der Waals surface area contributed by atoms with E-state index in [4.69, 9.17) is 0 Å². The van der Waals surface area contributed by atoms with Crippen molar-refractivity contribution in [3.8, 4) is 0 Å². The van der Waals surface area contributed by atoms with Gasteiger partial charge in [-0.1, -0.05) is 6.92 Å². The van der Waals surface area contributed by atoms with Gasteiger partial charge in [0, 0.05) is 19.4 Å². The molecule has 0 aliphatic carbocycles. The van der Waals surface area contributed by atoms with Crippen LogP contribution in [0.2, 0.25) is 0 Å². The molecule has 0 amide bonds. The number of ether oxygens (including phenoxy) is 1. The number of carbonyl (C=O) groups excluding carboxylic acids is 1. The zero-order valence-electron chi connectivity index (χ0n) is 8.19. The van der Waals surface area contributed by atoms with Gasteiger partial charge in [-0.15, -0.1) is 0 Å². The number of hydrogen-bond acceptors (Lipinski definition) is 2. The van der Waals surface area contributed by atoms with Gasteiger partial charge in [0.15, 0.2) is 0 Å². The lowest BCUT2D eigenvalue weighted by atomic mass is 10.1. The van der Waals surface area contributed by atoms with Crippen molar-refractivity contribution in [2.45, 2.75) is 38.8 Å². The minimum atomic E-state index is -4.25. The summed E-state index contributed by atoms with van der Waals surface area (Å²) in [6, 6.07) is 0. The summed E-state index contributed by atoms with van der Waals surface area (Å²) in [6.45, 7) is 0.633. The molecule has 0 spiro atoms. The minimum Gasteiger partial charge on any atom is -0.372 e. The van der Waals surface area contributed by atoms with Gasteiger partial charge < -0.3 is 4.74 Å². The average molecular weight is 212 g/mol. The van der Waals surface area contributed by atoms with E-state index in [0.29, 0.717) is 25.7 Å². The van der Waals surface area contributed by atoms with Crippen LogP contribution in [0.25, 0.3) is 0 Å². The van der Waals surface area contributed by atoms with E-state index >= 15 is 0 Å². The van der Waals surface area contributed by atoms with Crippen molar-refractivity contribution in [2.75, 3.05) is 13.2 Å². The molecular weight excluding hydrogens is 197 g/mol. The third-order valence-electron chi connectivity index (χ3n) is 1.65. The van der Waals surface area contributed by atoms with Crippen molar-refractivity contribution in [2.24, 2.45) is 0 Å². The van der Waals surface area contributed by atoms with Crippen molar-refractivity contribution in [3.63, 3.8) is 0 Å². The summed E-state index contributed by atoms with van der Waals surface area (Å²) in [5.74, 6) is 0.140. The first-order valence-corrected chi connectivity index (χ1v) is 4.62. The molecule has 0 heterocycles. The standard InChI is InChI=1S/C9H15F3O2/c1-2-8(13)5-3-4-6-14-7-9(10,11)12/h2-7H2,1H3. The molecule has 0 rings (SSSR count). The third-order valence-corrected chi connectivity index (χ3v) is 1.65. The van der Waals surface area contributed by atoms with Gasteiger partial charge in [0.05, 0.1) is 0 Å². The maximum Gasteiger partial charge on any atom is 0.411 e. The molecule has 0 aliphatic rings. The van der Waals surface area contributed by atoms with Crippen LogP contribution in [-0.4, -0.2) is 25.2 Å². The first kappa shape index (κ1) is 13.4. The fourth-order valence-electron chi connectivity index (χ4n) is 0.891. The SMILES string of the molecule is CCC(=O)CCCCOCC(F)(F)F. The molecule has 0 radical (unpaired) electrons. The Kier molecular flexibility index (Phi) is 6.53. The number of rotatable bonds is 7. The molecule has 0 N–H and O–H groups in total. The van der Waals surface area contributed by atoms with E-state index in [2.05, 4.69) is 4.74 Å². The number of hydrogen-bond donors (Lipinski definition) is 0. The van der Waals surface area contributed by atoms with Crippen LogP contribution in [0.4, 0.5) is 13.2 Å². The van der Waals surface area contributed by atoms with Gasteiger partial charge in [-0.2, -0.15) is 13.2 Å². The molecule has 0 atom stereocenters. The molecule has 0 fully saturated rings. The number of carbonyl (C=O) groups is 1. The fourth-order valence-corrected chi connectivity index (χ4v) is 0.891. The number of unbranched alkanes of at least 4 members (excludes halogenated alkanes) is 1. The zero-order valence-corrected chi connectivity index (χ0v) is 8.19. The predicted molar refractivity (Wildman–Crippen MR) is 46.0 cm³/mol. The van der Waals surface area contributed by atoms with E-state index in [1.54, 1.807) is 6.92 Å². The number of halogens is 3. The molecule has 0 bridgehead atoms. The molecule has 14 heavy (non-hydrogen) atoms. The fraction of sp³-hybridized carbons (Fsp3) is 0.889. The van der Waals surface area contributed by atoms with E-state index in [1.165, 1.54) is 0 Å². The molecule has 0 saturated carbocycles. The topological polar surface area (TPSA) is 26.3 Å². The summed E-state index contributed by atoms with van der Waals surface area (Å²) >= 11 is 0. The molecule has 0 aliphatic heterocycles. The Balaban J connectivity index is 3.18. The first-order chi connectivity index (χ1) is 6.45. The van der Waals surface area contributed by atoms with Crippen LogP contribution in [-0.2, 0) is 9.53 Å². The van der Waals surface area contributed by atoms with Crippen LogP contribution in [0.5, 0.6) is 0 Å². The van der Waals surface area contributed by atoms with E-state index in [9.17, 15) is 18.0 Å². The van der Waals surface area contributed by atoms with Gasteiger partial charge in [0.1, 0.15) is 12.4 Å². The predicted octanol–water partition coefficient (Wildman–Crippen LogP) is 2.71. The van der Waals surface area contributed by atoms with Crippen LogP contribution in [0, 0.1) is 0 Å². The number of Topliss-reactive ketones (excluding diaryl/α,β-unsaturated/α-hetero) is 1. The minimum absolute atomic E-state index is 0.0660. The summed E-state index contributed by atoms with van der Waals surface area (Å²) in [4.78, 5) is 10.8. The molecular formula is C9H15F3O2. The van der Waals surface area contributed by atoms with E-state index in [-0.39, 0.29) is 12.4 Å². The van der Waals surface area contributed by atoms with Gasteiger partial charge in [0.25, 0.3) is 0 Å². The van der Waals surface area contributed by atoms with Gasteiger partial charge in [-0.05, 0) is 12.8 Å². The van der Waals surface area contributed by atoms with E-state index in [1.807, 2.05) is 0 Å². The summed E-state index contributed by atoms with van der Waals surface area (Å²) in [7, 11) is 0. The van der Waals surface area contributed by atoms with Gasteiger partial charge in [-0.3, -0.25) is 4.79 Å². The van der Waals surface area contributed by atoms with E-state index < -0.39 is 12.8 Å². The lowest BCUT2D eigenvalue weighted by Crippen LogP contribution is -2.17. The monoisotopic (exact) mass is 212 g/mol. The Morgan fingerprint density at radius 2 is 1.93 bits per heavy atom. The maximum atomic E-state index is 11.6. The van der Waals surface area contributed by atoms with Crippen LogP contribution in [0.1, 0.15) is 32.6 Å². The third kappa shape index (κ3) is 9.51. The van der Waals surface area contributed by atoms with Crippen LogP contribution >= 0.6 is 0 Å². The highest BCUT2D eigenvalue weighted by Gasteiger charge is 2.27. The first-order valence-electron chi connectivity index (χ1n) is 4.62. The molecule has 0 aromatic heterocycles. The Morgan fingerprint density at radius 1 is 1.29 bits per heavy atom. The molecule has 5 heteroatoms. The summed E-state index contributed by atoms with van der Waals surface area (Å²) in [6.07, 6.45) is -2.22. The second-order valence-corrected chi connectivity index (χ2v) is 3.02. The highest BCUT2D eigenvalue weighted by Crippen LogP contribution is 2.14. The van der Waals surface area contributed by atoms with Crippen LogP contribution in [0.3, 0.4) is 0 Å². The second-order valence-electron chi connectivity index (χ2n) is 3.02. The zero-order chi connectivity index (χ0) is 11.0. The van der Waals surface area contributed by atoms with Crippen LogP contribution < -0.4 is 0 Å². The maximum absolute atomic E-state index is 11.6. The van der Waals surface area contributed by atoms with Gasteiger partial charge in [0.2, 0.25) is 0 Å². The molecule has 84 valence electrons. The highest BCUT2D eigenvalue weighted by atomic mass is 19.4. The summed E-state index contributed by atoms with van der Waals surface area (Å²) in [5.41, 5.74) is 0. The quantitative estimate of drug-likeness (QED) is 0.606.